The lowest BCUT2D eigenvalue weighted by molar-refractivity contribution is 0.240. The van der Waals surface area contributed by atoms with Crippen LogP contribution in [0, 0.1) is 11.6 Å². The van der Waals surface area contributed by atoms with Gasteiger partial charge in [0.05, 0.1) is 17.7 Å². The molecule has 0 aliphatic heterocycles. The fourth-order valence-corrected chi connectivity index (χ4v) is 2.18. The largest absolute Gasteiger partial charge is 0.493 e. The second kappa shape index (κ2) is 7.26. The summed E-state index contributed by atoms with van der Waals surface area (Å²) in [5, 5.41) is 0. The minimum absolute atomic E-state index is 0.00360. The Hall–Kier alpha value is -1.82. The molecule has 0 amide bonds. The van der Waals surface area contributed by atoms with Crippen LogP contribution in [-0.2, 0) is 0 Å². The molecule has 2 aromatic carbocycles. The SMILES string of the molecule is Nc1ccc(OCCCOc2c(F)cc(F)cc2Br)cc1. The van der Waals surface area contributed by atoms with E-state index in [9.17, 15) is 8.78 Å². The Labute approximate surface area is 129 Å². The van der Waals surface area contributed by atoms with E-state index in [0.29, 0.717) is 24.5 Å². The normalized spacial score (nSPS) is 10.4. The standard InChI is InChI=1S/C15H14BrF2NO2/c16-13-8-10(17)9-14(18)15(13)21-7-1-6-20-12-4-2-11(19)3-5-12/h2-5,8-9H,1,6-7,19H2. The number of nitrogens with two attached hydrogens (primary N) is 1. The van der Waals surface area contributed by atoms with Crippen molar-refractivity contribution in [3.63, 3.8) is 0 Å². The van der Waals surface area contributed by atoms with Crippen molar-refractivity contribution in [3.05, 3.63) is 52.5 Å². The maximum Gasteiger partial charge on any atom is 0.169 e. The Kier molecular flexibility index (Phi) is 5.38. The topological polar surface area (TPSA) is 44.5 Å². The van der Waals surface area contributed by atoms with Crippen molar-refractivity contribution < 1.29 is 18.3 Å². The fourth-order valence-electron chi connectivity index (χ4n) is 1.65. The van der Waals surface area contributed by atoms with Crippen molar-refractivity contribution in [1.29, 1.82) is 0 Å². The molecule has 0 unspecified atom stereocenters. The molecular formula is C15H14BrF2NO2. The summed E-state index contributed by atoms with van der Waals surface area (Å²) in [5.41, 5.74) is 6.23. The third kappa shape index (κ3) is 4.60. The molecule has 112 valence electrons. The van der Waals surface area contributed by atoms with Gasteiger partial charge in [-0.15, -0.1) is 0 Å². The smallest absolute Gasteiger partial charge is 0.169 e. The molecule has 0 saturated heterocycles. The van der Waals surface area contributed by atoms with Gasteiger partial charge in [0.15, 0.2) is 11.6 Å². The number of halogens is 3. The Balaban J connectivity index is 1.76. The van der Waals surface area contributed by atoms with Gasteiger partial charge in [0.25, 0.3) is 0 Å². The van der Waals surface area contributed by atoms with Gasteiger partial charge < -0.3 is 15.2 Å². The van der Waals surface area contributed by atoms with E-state index in [-0.39, 0.29) is 16.8 Å². The molecule has 0 radical (unpaired) electrons. The van der Waals surface area contributed by atoms with Gasteiger partial charge in [-0.3, -0.25) is 0 Å². The Morgan fingerprint density at radius 2 is 1.67 bits per heavy atom. The predicted octanol–water partition coefficient (Wildman–Crippen LogP) is 4.16. The molecule has 0 heterocycles. The third-order valence-electron chi connectivity index (χ3n) is 2.65. The molecule has 0 bridgehead atoms. The first-order valence-electron chi connectivity index (χ1n) is 6.32. The van der Waals surface area contributed by atoms with Gasteiger partial charge in [-0.1, -0.05) is 0 Å². The van der Waals surface area contributed by atoms with Crippen molar-refractivity contribution in [2.45, 2.75) is 6.42 Å². The van der Waals surface area contributed by atoms with Crippen LogP contribution in [0.1, 0.15) is 6.42 Å². The molecule has 2 aromatic rings. The lowest BCUT2D eigenvalue weighted by atomic mass is 10.3. The van der Waals surface area contributed by atoms with Crippen molar-refractivity contribution in [1.82, 2.24) is 0 Å². The first kappa shape index (κ1) is 15.6. The average Bonchev–Trinajstić information content (AvgIpc) is 2.43. The number of anilines is 1. The minimum Gasteiger partial charge on any atom is -0.493 e. The van der Waals surface area contributed by atoms with E-state index in [1.807, 2.05) is 0 Å². The van der Waals surface area contributed by atoms with Crippen LogP contribution in [0.5, 0.6) is 11.5 Å². The van der Waals surface area contributed by atoms with E-state index in [2.05, 4.69) is 15.9 Å². The summed E-state index contributed by atoms with van der Waals surface area (Å²) in [6.45, 7) is 0.681. The summed E-state index contributed by atoms with van der Waals surface area (Å²) in [7, 11) is 0. The van der Waals surface area contributed by atoms with Crippen LogP contribution in [0.2, 0.25) is 0 Å². The summed E-state index contributed by atoms with van der Waals surface area (Å²) >= 11 is 3.06. The Bertz CT molecular complexity index is 582. The molecular weight excluding hydrogens is 344 g/mol. The quantitative estimate of drug-likeness (QED) is 0.623. The zero-order valence-electron chi connectivity index (χ0n) is 11.1. The minimum atomic E-state index is -0.735. The molecule has 0 spiro atoms. The van der Waals surface area contributed by atoms with Crippen LogP contribution < -0.4 is 15.2 Å². The van der Waals surface area contributed by atoms with Crippen molar-refractivity contribution >= 4 is 21.6 Å². The van der Waals surface area contributed by atoms with E-state index in [4.69, 9.17) is 15.2 Å². The highest BCUT2D eigenvalue weighted by molar-refractivity contribution is 9.10. The van der Waals surface area contributed by atoms with Gasteiger partial charge >= 0.3 is 0 Å². The fraction of sp³-hybridized carbons (Fsp3) is 0.200. The lowest BCUT2D eigenvalue weighted by Gasteiger charge is -2.10. The zero-order valence-corrected chi connectivity index (χ0v) is 12.7. The Morgan fingerprint density at radius 3 is 2.33 bits per heavy atom. The molecule has 3 nitrogen and oxygen atoms in total. The molecule has 6 heteroatoms. The van der Waals surface area contributed by atoms with E-state index >= 15 is 0 Å². The maximum absolute atomic E-state index is 13.5. The molecule has 0 saturated carbocycles. The lowest BCUT2D eigenvalue weighted by Crippen LogP contribution is -2.06. The van der Waals surface area contributed by atoms with Crippen LogP contribution in [0.3, 0.4) is 0 Å². The van der Waals surface area contributed by atoms with E-state index < -0.39 is 11.6 Å². The first-order chi connectivity index (χ1) is 10.1. The summed E-state index contributed by atoms with van der Waals surface area (Å²) < 4.78 is 37.4. The predicted molar refractivity (Wildman–Crippen MR) is 80.5 cm³/mol. The van der Waals surface area contributed by atoms with Gasteiger partial charge in [-0.25, -0.2) is 8.78 Å². The van der Waals surface area contributed by atoms with E-state index in [1.54, 1.807) is 24.3 Å². The van der Waals surface area contributed by atoms with Crippen molar-refractivity contribution in [2.75, 3.05) is 18.9 Å². The van der Waals surface area contributed by atoms with Crippen LogP contribution in [0.4, 0.5) is 14.5 Å². The third-order valence-corrected chi connectivity index (χ3v) is 3.24. The summed E-state index contributed by atoms with van der Waals surface area (Å²) in [4.78, 5) is 0. The van der Waals surface area contributed by atoms with Crippen LogP contribution >= 0.6 is 15.9 Å². The molecule has 2 rings (SSSR count). The van der Waals surface area contributed by atoms with E-state index in [1.165, 1.54) is 0 Å². The highest BCUT2D eigenvalue weighted by Gasteiger charge is 2.10. The van der Waals surface area contributed by atoms with Crippen molar-refractivity contribution in [3.8, 4) is 11.5 Å². The molecule has 0 aliphatic carbocycles. The van der Waals surface area contributed by atoms with E-state index in [0.717, 1.165) is 12.1 Å². The second-order valence-corrected chi connectivity index (χ2v) is 5.17. The molecule has 0 fully saturated rings. The van der Waals surface area contributed by atoms with Gasteiger partial charge in [0.1, 0.15) is 11.6 Å². The van der Waals surface area contributed by atoms with Crippen LogP contribution in [0.25, 0.3) is 0 Å². The monoisotopic (exact) mass is 357 g/mol. The number of hydrogen-bond donors (Lipinski definition) is 1. The van der Waals surface area contributed by atoms with Crippen LogP contribution in [-0.4, -0.2) is 13.2 Å². The van der Waals surface area contributed by atoms with Gasteiger partial charge in [0, 0.05) is 18.2 Å². The molecule has 2 N–H and O–H groups in total. The Morgan fingerprint density at radius 1 is 1.00 bits per heavy atom. The zero-order chi connectivity index (χ0) is 15.2. The number of ether oxygens (including phenoxy) is 2. The molecule has 21 heavy (non-hydrogen) atoms. The van der Waals surface area contributed by atoms with Gasteiger partial charge in [0.2, 0.25) is 0 Å². The highest BCUT2D eigenvalue weighted by Crippen LogP contribution is 2.29. The number of rotatable bonds is 6. The van der Waals surface area contributed by atoms with Gasteiger partial charge in [-0.2, -0.15) is 0 Å². The van der Waals surface area contributed by atoms with Crippen LogP contribution in [0.15, 0.2) is 40.9 Å². The number of benzene rings is 2. The summed E-state index contributed by atoms with van der Waals surface area (Å²) in [5.74, 6) is -0.679. The van der Waals surface area contributed by atoms with Gasteiger partial charge in [-0.05, 0) is 46.3 Å². The number of hydrogen-bond acceptors (Lipinski definition) is 3. The average molecular weight is 358 g/mol. The maximum atomic E-state index is 13.5. The second-order valence-electron chi connectivity index (χ2n) is 4.32. The highest BCUT2D eigenvalue weighted by atomic mass is 79.9. The van der Waals surface area contributed by atoms with Crippen molar-refractivity contribution in [2.24, 2.45) is 0 Å². The molecule has 0 atom stereocenters. The summed E-state index contributed by atoms with van der Waals surface area (Å²) in [6, 6.07) is 8.97. The number of nitrogen functional groups attached to an aromatic ring is 1. The summed E-state index contributed by atoms with van der Waals surface area (Å²) in [6.07, 6.45) is 0.563. The first-order valence-corrected chi connectivity index (χ1v) is 7.11. The molecule has 0 aromatic heterocycles. The molecule has 0 aliphatic rings.